The first-order valence-electron chi connectivity index (χ1n) is 9.56. The van der Waals surface area contributed by atoms with Crippen molar-refractivity contribution in [2.75, 3.05) is 7.11 Å². The molecule has 0 N–H and O–H groups in total. The number of unbranched alkanes of at least 4 members (excludes halogenated alkanes) is 5. The van der Waals surface area contributed by atoms with Gasteiger partial charge < -0.3 is 4.74 Å². The molecule has 1 heterocycles. The standard InChI is InChI=1S/C23H32OS/c1-5-6-7-8-9-10-11-22-18(2)19(3)25-23(22)17-14-20-12-15-21(24-4)16-13-20/h12-17H,5-11H2,1-4H3/b17-14+. The van der Waals surface area contributed by atoms with Crippen molar-refractivity contribution in [2.45, 2.75) is 65.7 Å². The largest absolute Gasteiger partial charge is 0.497 e. The second kappa shape index (κ2) is 10.5. The molecule has 2 aromatic rings. The first-order valence-corrected chi connectivity index (χ1v) is 10.4. The molecule has 25 heavy (non-hydrogen) atoms. The lowest BCUT2D eigenvalue weighted by Gasteiger charge is -2.04. The molecule has 1 nitrogen and oxygen atoms in total. The van der Waals surface area contributed by atoms with Gasteiger partial charge in [0.05, 0.1) is 7.11 Å². The second-order valence-corrected chi connectivity index (χ2v) is 8.01. The van der Waals surface area contributed by atoms with Crippen LogP contribution in [0.25, 0.3) is 12.2 Å². The molecule has 0 unspecified atom stereocenters. The zero-order valence-electron chi connectivity index (χ0n) is 16.2. The lowest BCUT2D eigenvalue weighted by Crippen LogP contribution is -1.90. The average Bonchev–Trinajstić information content (AvgIpc) is 2.90. The minimum absolute atomic E-state index is 0.906. The van der Waals surface area contributed by atoms with Gasteiger partial charge in [0.25, 0.3) is 0 Å². The van der Waals surface area contributed by atoms with E-state index in [2.05, 4.69) is 45.1 Å². The van der Waals surface area contributed by atoms with Gasteiger partial charge in [-0.3, -0.25) is 0 Å². The summed E-state index contributed by atoms with van der Waals surface area (Å²) in [7, 11) is 1.70. The van der Waals surface area contributed by atoms with Crippen molar-refractivity contribution in [1.82, 2.24) is 0 Å². The normalized spacial score (nSPS) is 11.4. The van der Waals surface area contributed by atoms with Crippen molar-refractivity contribution in [1.29, 1.82) is 0 Å². The Morgan fingerprint density at radius 2 is 1.60 bits per heavy atom. The molecule has 0 saturated heterocycles. The van der Waals surface area contributed by atoms with Crippen LogP contribution in [0.5, 0.6) is 5.75 Å². The zero-order valence-corrected chi connectivity index (χ0v) is 17.0. The van der Waals surface area contributed by atoms with Gasteiger partial charge in [0, 0.05) is 9.75 Å². The number of aryl methyl sites for hydroxylation is 1. The summed E-state index contributed by atoms with van der Waals surface area (Å²) >= 11 is 1.93. The molecule has 0 aliphatic rings. The van der Waals surface area contributed by atoms with E-state index in [0.29, 0.717) is 0 Å². The van der Waals surface area contributed by atoms with Crippen molar-refractivity contribution < 1.29 is 4.74 Å². The van der Waals surface area contributed by atoms with Crippen LogP contribution in [0.4, 0.5) is 0 Å². The first kappa shape index (κ1) is 19.8. The molecule has 0 aliphatic carbocycles. The molecule has 0 fully saturated rings. The van der Waals surface area contributed by atoms with E-state index in [4.69, 9.17) is 4.74 Å². The van der Waals surface area contributed by atoms with Crippen molar-refractivity contribution in [3.63, 3.8) is 0 Å². The quantitative estimate of drug-likeness (QED) is 0.402. The fraction of sp³-hybridized carbons (Fsp3) is 0.478. The number of thiophene rings is 1. The Balaban J connectivity index is 1.99. The average molecular weight is 357 g/mol. The molecule has 0 aliphatic heterocycles. The summed E-state index contributed by atoms with van der Waals surface area (Å²) in [4.78, 5) is 2.88. The molecule has 1 aromatic heterocycles. The van der Waals surface area contributed by atoms with E-state index < -0.39 is 0 Å². The summed E-state index contributed by atoms with van der Waals surface area (Å²) in [6, 6.07) is 8.25. The predicted octanol–water partition coefficient (Wildman–Crippen LogP) is 7.45. The van der Waals surface area contributed by atoms with Gasteiger partial charge in [-0.05, 0) is 61.6 Å². The molecule has 2 rings (SSSR count). The molecule has 2 heteroatoms. The summed E-state index contributed by atoms with van der Waals surface area (Å²) in [6.07, 6.45) is 13.9. The maximum absolute atomic E-state index is 5.23. The van der Waals surface area contributed by atoms with Crippen molar-refractivity contribution >= 4 is 23.5 Å². The molecule has 136 valence electrons. The highest BCUT2D eigenvalue weighted by molar-refractivity contribution is 7.13. The minimum atomic E-state index is 0.906. The van der Waals surface area contributed by atoms with Gasteiger partial charge in [-0.1, -0.05) is 57.2 Å². The van der Waals surface area contributed by atoms with E-state index in [0.717, 1.165) is 5.75 Å². The molecule has 1 aromatic carbocycles. The number of benzene rings is 1. The predicted molar refractivity (Wildman–Crippen MR) is 113 cm³/mol. The fourth-order valence-corrected chi connectivity index (χ4v) is 4.24. The number of methoxy groups -OCH3 is 1. The molecule has 0 amide bonds. The van der Waals surface area contributed by atoms with Gasteiger partial charge in [0.15, 0.2) is 0 Å². The summed E-state index contributed by atoms with van der Waals surface area (Å²) in [6.45, 7) is 6.80. The van der Waals surface area contributed by atoms with E-state index in [-0.39, 0.29) is 0 Å². The van der Waals surface area contributed by atoms with Crippen LogP contribution in [-0.4, -0.2) is 7.11 Å². The zero-order chi connectivity index (χ0) is 18.1. The number of ether oxygens (including phenoxy) is 1. The van der Waals surface area contributed by atoms with E-state index in [1.165, 1.54) is 65.8 Å². The van der Waals surface area contributed by atoms with E-state index in [1.807, 2.05) is 23.5 Å². The summed E-state index contributed by atoms with van der Waals surface area (Å²) in [5.74, 6) is 0.906. The van der Waals surface area contributed by atoms with Crippen LogP contribution in [-0.2, 0) is 6.42 Å². The van der Waals surface area contributed by atoms with Crippen molar-refractivity contribution in [3.8, 4) is 5.75 Å². The van der Waals surface area contributed by atoms with Crippen LogP contribution in [0.1, 0.15) is 71.9 Å². The Kier molecular flexibility index (Phi) is 8.27. The fourth-order valence-electron chi connectivity index (χ4n) is 3.11. The van der Waals surface area contributed by atoms with Crippen LogP contribution in [0, 0.1) is 13.8 Å². The summed E-state index contributed by atoms with van der Waals surface area (Å²) in [5.41, 5.74) is 4.27. The topological polar surface area (TPSA) is 9.23 Å². The Morgan fingerprint density at radius 1 is 0.920 bits per heavy atom. The van der Waals surface area contributed by atoms with Gasteiger partial charge in [-0.2, -0.15) is 0 Å². The van der Waals surface area contributed by atoms with E-state index in [9.17, 15) is 0 Å². The monoisotopic (exact) mass is 356 g/mol. The van der Waals surface area contributed by atoms with E-state index in [1.54, 1.807) is 12.7 Å². The molecule has 0 radical (unpaired) electrons. The van der Waals surface area contributed by atoms with Gasteiger partial charge in [-0.25, -0.2) is 0 Å². The molecular formula is C23H32OS. The molecule has 0 saturated carbocycles. The number of hydrogen-bond acceptors (Lipinski definition) is 2. The number of hydrogen-bond donors (Lipinski definition) is 0. The second-order valence-electron chi connectivity index (χ2n) is 6.75. The smallest absolute Gasteiger partial charge is 0.118 e. The van der Waals surface area contributed by atoms with Crippen LogP contribution < -0.4 is 4.74 Å². The van der Waals surface area contributed by atoms with Gasteiger partial charge in [0.1, 0.15) is 5.75 Å². The summed E-state index contributed by atoms with van der Waals surface area (Å²) < 4.78 is 5.23. The molecule has 0 spiro atoms. The van der Waals surface area contributed by atoms with Crippen LogP contribution in [0.3, 0.4) is 0 Å². The molecular weight excluding hydrogens is 324 g/mol. The highest BCUT2D eigenvalue weighted by Gasteiger charge is 2.10. The van der Waals surface area contributed by atoms with Crippen molar-refractivity contribution in [2.24, 2.45) is 0 Å². The maximum atomic E-state index is 5.23. The van der Waals surface area contributed by atoms with Crippen molar-refractivity contribution in [3.05, 3.63) is 50.7 Å². The third-order valence-electron chi connectivity index (χ3n) is 4.86. The minimum Gasteiger partial charge on any atom is -0.497 e. The first-order chi connectivity index (χ1) is 12.2. The Bertz CT molecular complexity index is 664. The highest BCUT2D eigenvalue weighted by Crippen LogP contribution is 2.31. The third-order valence-corrected chi connectivity index (χ3v) is 6.08. The SMILES string of the molecule is CCCCCCCCc1c(/C=C/c2ccc(OC)cc2)sc(C)c1C. The maximum Gasteiger partial charge on any atom is 0.118 e. The van der Waals surface area contributed by atoms with Crippen LogP contribution in [0.2, 0.25) is 0 Å². The molecule has 0 bridgehead atoms. The van der Waals surface area contributed by atoms with Crippen LogP contribution >= 0.6 is 11.3 Å². The third kappa shape index (κ3) is 6.04. The summed E-state index contributed by atoms with van der Waals surface area (Å²) in [5, 5.41) is 0. The number of rotatable bonds is 10. The Hall–Kier alpha value is -1.54. The van der Waals surface area contributed by atoms with Gasteiger partial charge >= 0.3 is 0 Å². The lowest BCUT2D eigenvalue weighted by atomic mass is 10.0. The Labute approximate surface area is 157 Å². The van der Waals surface area contributed by atoms with Crippen LogP contribution in [0.15, 0.2) is 24.3 Å². The highest BCUT2D eigenvalue weighted by atomic mass is 32.1. The van der Waals surface area contributed by atoms with Gasteiger partial charge in [-0.15, -0.1) is 11.3 Å². The lowest BCUT2D eigenvalue weighted by molar-refractivity contribution is 0.415. The molecule has 0 atom stereocenters. The van der Waals surface area contributed by atoms with Gasteiger partial charge in [0.2, 0.25) is 0 Å². The van der Waals surface area contributed by atoms with E-state index >= 15 is 0 Å². The Morgan fingerprint density at radius 3 is 2.28 bits per heavy atom.